The lowest BCUT2D eigenvalue weighted by Crippen LogP contribution is -2.13. The van der Waals surface area contributed by atoms with Crippen molar-refractivity contribution >= 4 is 28.4 Å². The van der Waals surface area contributed by atoms with Crippen molar-refractivity contribution in [3.8, 4) is 17.2 Å². The van der Waals surface area contributed by atoms with Crippen molar-refractivity contribution in [3.05, 3.63) is 87.4 Å². The molecule has 0 aliphatic heterocycles. The summed E-state index contributed by atoms with van der Waals surface area (Å²) in [6.07, 6.45) is 6.69. The van der Waals surface area contributed by atoms with Crippen molar-refractivity contribution in [3.63, 3.8) is 0 Å². The summed E-state index contributed by atoms with van der Waals surface area (Å²) in [5.41, 5.74) is 8.28. The van der Waals surface area contributed by atoms with Crippen LogP contribution < -0.4 is 11.3 Å². The number of rotatable bonds is 7. The van der Waals surface area contributed by atoms with Crippen LogP contribution in [0.3, 0.4) is 0 Å². The molecule has 34 heavy (non-hydrogen) atoms. The van der Waals surface area contributed by atoms with E-state index in [1.165, 1.54) is 6.08 Å². The number of fused-ring (bicyclic) bond motifs is 1. The number of aryl methyl sites for hydroxylation is 1. The number of benzene rings is 1. The molecule has 0 aliphatic rings. The van der Waals surface area contributed by atoms with Crippen LogP contribution in [0.4, 0.5) is 4.39 Å². The molecule has 7 nitrogen and oxygen atoms in total. The Balaban J connectivity index is 2.25. The Morgan fingerprint density at radius 3 is 2.76 bits per heavy atom. The van der Waals surface area contributed by atoms with E-state index in [4.69, 9.17) is 17.3 Å². The Bertz CT molecular complexity index is 1450. The highest BCUT2D eigenvalue weighted by Gasteiger charge is 2.24. The van der Waals surface area contributed by atoms with Crippen LogP contribution in [0.5, 0.6) is 0 Å². The molecular formula is C25H24ClFN6O. The number of halogens is 2. The summed E-state index contributed by atoms with van der Waals surface area (Å²) in [6.45, 7) is 7.70. The standard InChI is InChI=1S/C25H24ClFN6O/c1-5-25(2,3)21(10-17(26)11-27)16(12-28)9-23-20(14-30-33(23)4)15-6-7-18-19(8-15)22(13-29)31-32-24(18)34/h5-11,14H,1,13,29H2,2-4H3,(H,32,34)/b16-9+,17-11-,21-10+. The van der Waals surface area contributed by atoms with Gasteiger partial charge in [-0.3, -0.25) is 9.48 Å². The molecule has 0 spiro atoms. The first-order valence-corrected chi connectivity index (χ1v) is 10.7. The summed E-state index contributed by atoms with van der Waals surface area (Å²) in [6, 6.07) is 7.52. The maximum Gasteiger partial charge on any atom is 0.272 e. The lowest BCUT2D eigenvalue weighted by Gasteiger charge is -2.24. The Labute approximate surface area is 201 Å². The minimum atomic E-state index is -0.671. The predicted octanol–water partition coefficient (Wildman–Crippen LogP) is 4.88. The molecule has 9 heteroatoms. The van der Waals surface area contributed by atoms with Crippen LogP contribution in [0.15, 0.2) is 70.4 Å². The van der Waals surface area contributed by atoms with E-state index < -0.39 is 5.41 Å². The van der Waals surface area contributed by atoms with Crippen molar-refractivity contribution < 1.29 is 4.39 Å². The third kappa shape index (κ3) is 4.76. The Kier molecular flexibility index (Phi) is 7.30. The lowest BCUT2D eigenvalue weighted by molar-refractivity contribution is 0.592. The number of nitriles is 1. The van der Waals surface area contributed by atoms with Gasteiger partial charge in [-0.2, -0.15) is 15.5 Å². The molecule has 3 aromatic rings. The van der Waals surface area contributed by atoms with Gasteiger partial charge in [-0.25, -0.2) is 9.49 Å². The number of aromatic nitrogens is 4. The van der Waals surface area contributed by atoms with E-state index in [0.29, 0.717) is 27.7 Å². The highest BCUT2D eigenvalue weighted by molar-refractivity contribution is 6.31. The van der Waals surface area contributed by atoms with Crippen molar-refractivity contribution in [2.24, 2.45) is 18.2 Å². The SMILES string of the molecule is C=CC(C)(C)C(=C/C(Cl)=C/F)/C(C#N)=C/c1c(-c2ccc3c(=O)[nH]nc(CN)c3c2)cnn1C. The fraction of sp³-hybridized carbons (Fsp3) is 0.200. The predicted molar refractivity (Wildman–Crippen MR) is 133 cm³/mol. The van der Waals surface area contributed by atoms with Gasteiger partial charge in [-0.05, 0) is 35.4 Å². The normalized spacial score (nSPS) is 13.3. The van der Waals surface area contributed by atoms with E-state index in [-0.39, 0.29) is 29.0 Å². The fourth-order valence-corrected chi connectivity index (χ4v) is 3.69. The minimum absolute atomic E-state index is 0.141. The number of nitrogens with zero attached hydrogens (tertiary/aromatic N) is 4. The minimum Gasteiger partial charge on any atom is -0.325 e. The van der Waals surface area contributed by atoms with Gasteiger partial charge in [0, 0.05) is 30.0 Å². The van der Waals surface area contributed by atoms with Crippen LogP contribution in [-0.2, 0) is 13.6 Å². The zero-order valence-corrected chi connectivity index (χ0v) is 19.8. The molecule has 0 bridgehead atoms. The van der Waals surface area contributed by atoms with E-state index in [1.54, 1.807) is 42.2 Å². The Morgan fingerprint density at radius 2 is 2.15 bits per heavy atom. The summed E-state index contributed by atoms with van der Waals surface area (Å²) in [5, 5.41) is 21.8. The molecule has 0 radical (unpaired) electrons. The van der Waals surface area contributed by atoms with Gasteiger partial charge in [0.05, 0.1) is 39.6 Å². The van der Waals surface area contributed by atoms with Crippen molar-refractivity contribution in [2.45, 2.75) is 20.4 Å². The van der Waals surface area contributed by atoms with Crippen molar-refractivity contribution in [1.29, 1.82) is 5.26 Å². The maximum absolute atomic E-state index is 13.0. The molecule has 2 aromatic heterocycles. The first-order valence-electron chi connectivity index (χ1n) is 10.3. The summed E-state index contributed by atoms with van der Waals surface area (Å²) >= 11 is 5.94. The van der Waals surface area contributed by atoms with E-state index in [2.05, 4.69) is 27.9 Å². The van der Waals surface area contributed by atoms with E-state index in [1.807, 2.05) is 19.9 Å². The van der Waals surface area contributed by atoms with Crippen LogP contribution in [-0.4, -0.2) is 20.0 Å². The first kappa shape index (κ1) is 24.8. The van der Waals surface area contributed by atoms with Crippen LogP contribution in [0.25, 0.3) is 28.0 Å². The second kappa shape index (κ2) is 10.00. The quantitative estimate of drug-likeness (QED) is 0.285. The molecule has 0 aliphatic carbocycles. The molecule has 0 saturated heterocycles. The van der Waals surface area contributed by atoms with Gasteiger partial charge in [0.2, 0.25) is 0 Å². The van der Waals surface area contributed by atoms with Crippen LogP contribution in [0, 0.1) is 16.7 Å². The summed E-state index contributed by atoms with van der Waals surface area (Å²) in [4.78, 5) is 12.2. The number of H-pyrrole nitrogens is 1. The Hall–Kier alpha value is -3.80. The largest absolute Gasteiger partial charge is 0.325 e. The molecule has 0 saturated carbocycles. The molecule has 0 unspecified atom stereocenters. The van der Waals surface area contributed by atoms with Crippen molar-refractivity contribution in [2.75, 3.05) is 0 Å². The highest BCUT2D eigenvalue weighted by Crippen LogP contribution is 2.36. The lowest BCUT2D eigenvalue weighted by atomic mass is 9.79. The van der Waals surface area contributed by atoms with Gasteiger partial charge in [0.25, 0.3) is 5.56 Å². The van der Waals surface area contributed by atoms with E-state index in [0.717, 1.165) is 11.1 Å². The number of aromatic amines is 1. The number of hydrogen-bond acceptors (Lipinski definition) is 5. The number of allylic oxidation sites excluding steroid dienone is 5. The molecule has 0 atom stereocenters. The molecule has 174 valence electrons. The molecule has 3 N–H and O–H groups in total. The molecule has 1 aromatic carbocycles. The van der Waals surface area contributed by atoms with E-state index >= 15 is 0 Å². The van der Waals surface area contributed by atoms with Gasteiger partial charge < -0.3 is 5.73 Å². The Morgan fingerprint density at radius 1 is 1.41 bits per heavy atom. The van der Waals surface area contributed by atoms with Gasteiger partial charge >= 0.3 is 0 Å². The van der Waals surface area contributed by atoms with Crippen molar-refractivity contribution in [1.82, 2.24) is 20.0 Å². The number of nitrogens with two attached hydrogens (primary N) is 1. The van der Waals surface area contributed by atoms with Gasteiger partial charge in [0.1, 0.15) is 6.33 Å². The maximum atomic E-state index is 13.0. The van der Waals surface area contributed by atoms with Crippen LogP contribution in [0.2, 0.25) is 0 Å². The number of nitrogens with one attached hydrogen (secondary N) is 1. The van der Waals surface area contributed by atoms with Crippen LogP contribution in [0.1, 0.15) is 25.2 Å². The number of hydrogen-bond donors (Lipinski definition) is 2. The van der Waals surface area contributed by atoms with Gasteiger partial charge in [-0.1, -0.05) is 37.6 Å². The van der Waals surface area contributed by atoms with Gasteiger partial charge in [-0.15, -0.1) is 6.58 Å². The average molecular weight is 479 g/mol. The molecular weight excluding hydrogens is 455 g/mol. The van der Waals surface area contributed by atoms with Gasteiger partial charge in [0.15, 0.2) is 0 Å². The third-order valence-electron chi connectivity index (χ3n) is 5.64. The molecule has 2 heterocycles. The monoisotopic (exact) mass is 478 g/mol. The molecule has 0 amide bonds. The zero-order valence-electron chi connectivity index (χ0n) is 19.1. The summed E-state index contributed by atoms with van der Waals surface area (Å²) < 4.78 is 14.7. The summed E-state index contributed by atoms with van der Waals surface area (Å²) in [5.74, 6) is 0. The average Bonchev–Trinajstić information content (AvgIpc) is 3.20. The second-order valence-corrected chi connectivity index (χ2v) is 8.62. The molecule has 3 rings (SSSR count). The van der Waals surface area contributed by atoms with E-state index in [9.17, 15) is 14.4 Å². The zero-order chi connectivity index (χ0) is 25.0. The highest BCUT2D eigenvalue weighted by atomic mass is 35.5. The molecule has 0 fully saturated rings. The smallest absolute Gasteiger partial charge is 0.272 e. The van der Waals surface area contributed by atoms with Crippen LogP contribution >= 0.6 is 11.6 Å². The first-order chi connectivity index (χ1) is 16.2. The third-order valence-corrected chi connectivity index (χ3v) is 5.83. The second-order valence-electron chi connectivity index (χ2n) is 8.18. The fourth-order valence-electron chi connectivity index (χ4n) is 3.58. The summed E-state index contributed by atoms with van der Waals surface area (Å²) in [7, 11) is 1.75. The topological polar surface area (TPSA) is 113 Å².